The van der Waals surface area contributed by atoms with Crippen molar-refractivity contribution in [3.05, 3.63) is 23.8 Å². The van der Waals surface area contributed by atoms with Crippen molar-refractivity contribution in [3.8, 4) is 11.5 Å². The smallest absolute Gasteiger partial charge is 0.395 e. The lowest BCUT2D eigenvalue weighted by Crippen LogP contribution is -2.26. The van der Waals surface area contributed by atoms with Crippen LogP contribution >= 0.6 is 0 Å². The highest BCUT2D eigenvalue weighted by molar-refractivity contribution is 5.48. The summed E-state index contributed by atoms with van der Waals surface area (Å²) in [6.45, 7) is 0.515. The number of alkyl halides is 2. The summed E-state index contributed by atoms with van der Waals surface area (Å²) in [4.78, 5) is 0. The van der Waals surface area contributed by atoms with E-state index in [-0.39, 0.29) is 11.5 Å². The molecule has 0 saturated heterocycles. The van der Waals surface area contributed by atoms with Crippen LogP contribution in [0.2, 0.25) is 0 Å². The molecule has 0 fully saturated rings. The molecule has 5 heteroatoms. The molecule has 1 aromatic rings. The van der Waals surface area contributed by atoms with Crippen LogP contribution in [-0.2, 0) is 6.42 Å². The Hall–Kier alpha value is -1.36. The minimum atomic E-state index is -3.54. The number of hydrogen-bond acceptors (Lipinski definition) is 3. The first-order chi connectivity index (χ1) is 7.12. The Morgan fingerprint density at radius 1 is 1.27 bits per heavy atom. The van der Waals surface area contributed by atoms with Gasteiger partial charge in [-0.05, 0) is 31.0 Å². The van der Waals surface area contributed by atoms with Crippen LogP contribution in [0, 0.1) is 0 Å². The van der Waals surface area contributed by atoms with Crippen molar-refractivity contribution in [1.82, 2.24) is 0 Å². The molecule has 0 radical (unpaired) electrons. The van der Waals surface area contributed by atoms with Crippen molar-refractivity contribution in [2.45, 2.75) is 19.1 Å². The minimum Gasteiger partial charge on any atom is -0.395 e. The van der Waals surface area contributed by atoms with Crippen molar-refractivity contribution in [2.24, 2.45) is 5.73 Å². The molecule has 1 aliphatic rings. The zero-order valence-corrected chi connectivity index (χ0v) is 8.00. The van der Waals surface area contributed by atoms with Gasteiger partial charge in [0.15, 0.2) is 11.5 Å². The van der Waals surface area contributed by atoms with E-state index >= 15 is 0 Å². The maximum absolute atomic E-state index is 12.8. The quantitative estimate of drug-likeness (QED) is 0.837. The van der Waals surface area contributed by atoms with Crippen LogP contribution in [0.5, 0.6) is 11.5 Å². The third-order valence-electron chi connectivity index (χ3n) is 2.16. The monoisotopic (exact) mass is 215 g/mol. The fourth-order valence-corrected chi connectivity index (χ4v) is 1.51. The van der Waals surface area contributed by atoms with Gasteiger partial charge in [0.1, 0.15) is 0 Å². The van der Waals surface area contributed by atoms with Gasteiger partial charge >= 0.3 is 6.29 Å². The van der Waals surface area contributed by atoms with Gasteiger partial charge in [-0.15, -0.1) is 8.78 Å². The first-order valence-corrected chi connectivity index (χ1v) is 4.70. The van der Waals surface area contributed by atoms with Crippen molar-refractivity contribution in [2.75, 3.05) is 6.54 Å². The average Bonchev–Trinajstić information content (AvgIpc) is 2.49. The van der Waals surface area contributed by atoms with Crippen LogP contribution in [0.3, 0.4) is 0 Å². The van der Waals surface area contributed by atoms with E-state index in [9.17, 15) is 8.78 Å². The lowest BCUT2D eigenvalue weighted by atomic mass is 10.1. The molecule has 1 heterocycles. The van der Waals surface area contributed by atoms with E-state index in [1.54, 1.807) is 12.1 Å². The Balaban J connectivity index is 2.25. The molecule has 0 aromatic heterocycles. The molecule has 0 spiro atoms. The van der Waals surface area contributed by atoms with Crippen LogP contribution in [0.4, 0.5) is 8.78 Å². The second-order valence-electron chi connectivity index (χ2n) is 3.30. The number of fused-ring (bicyclic) bond motifs is 1. The predicted molar refractivity (Wildman–Crippen MR) is 50.0 cm³/mol. The summed E-state index contributed by atoms with van der Waals surface area (Å²) in [5.41, 5.74) is 6.06. The highest BCUT2D eigenvalue weighted by Gasteiger charge is 2.44. The minimum absolute atomic E-state index is 0.0921. The highest BCUT2D eigenvalue weighted by Crippen LogP contribution is 2.43. The summed E-state index contributed by atoms with van der Waals surface area (Å²) in [7, 11) is 0. The van der Waals surface area contributed by atoms with Crippen molar-refractivity contribution < 1.29 is 18.3 Å². The molecule has 15 heavy (non-hydrogen) atoms. The normalized spacial score (nSPS) is 16.7. The van der Waals surface area contributed by atoms with E-state index in [4.69, 9.17) is 5.73 Å². The second kappa shape index (κ2) is 3.66. The standard InChI is InChI=1S/C10H11F2NO2/c11-10(12)14-8-5-1-3-7(4-2-6-13)9(8)15-10/h1,3,5H,2,4,6,13H2. The molecule has 1 aromatic carbocycles. The van der Waals surface area contributed by atoms with Gasteiger partial charge in [-0.2, -0.15) is 0 Å². The van der Waals surface area contributed by atoms with Gasteiger partial charge < -0.3 is 15.2 Å². The molecular weight excluding hydrogens is 204 g/mol. The molecular formula is C10H11F2NO2. The molecule has 3 nitrogen and oxygen atoms in total. The number of rotatable bonds is 3. The van der Waals surface area contributed by atoms with Crippen LogP contribution in [-0.4, -0.2) is 12.8 Å². The number of ether oxygens (including phenoxy) is 2. The zero-order valence-electron chi connectivity index (χ0n) is 8.00. The fourth-order valence-electron chi connectivity index (χ4n) is 1.51. The Bertz CT molecular complexity index is 368. The Labute approximate surface area is 85.8 Å². The summed E-state index contributed by atoms with van der Waals surface area (Å²) in [6.07, 6.45) is -2.20. The molecule has 2 rings (SSSR count). The maximum atomic E-state index is 12.8. The molecule has 0 unspecified atom stereocenters. The van der Waals surface area contributed by atoms with Crippen molar-refractivity contribution in [1.29, 1.82) is 0 Å². The number of benzene rings is 1. The van der Waals surface area contributed by atoms with Crippen LogP contribution in [0.25, 0.3) is 0 Å². The van der Waals surface area contributed by atoms with Gasteiger partial charge in [0, 0.05) is 0 Å². The molecule has 0 aliphatic carbocycles. The SMILES string of the molecule is NCCCc1cccc2c1OC(F)(F)O2. The number of hydrogen-bond donors (Lipinski definition) is 1. The Morgan fingerprint density at radius 2 is 2.07 bits per heavy atom. The van der Waals surface area contributed by atoms with Crippen LogP contribution < -0.4 is 15.2 Å². The number of aryl methyl sites for hydroxylation is 1. The van der Waals surface area contributed by atoms with E-state index in [1.807, 2.05) is 0 Å². The van der Waals surface area contributed by atoms with Gasteiger partial charge in [-0.25, -0.2) is 0 Å². The summed E-state index contributed by atoms with van der Waals surface area (Å²) in [5, 5.41) is 0. The molecule has 1 aliphatic heterocycles. The summed E-state index contributed by atoms with van der Waals surface area (Å²) in [5.74, 6) is 0.227. The molecule has 0 saturated carbocycles. The topological polar surface area (TPSA) is 44.5 Å². The molecule has 0 bridgehead atoms. The second-order valence-corrected chi connectivity index (χ2v) is 3.30. The third kappa shape index (κ3) is 2.02. The highest BCUT2D eigenvalue weighted by atomic mass is 19.3. The van der Waals surface area contributed by atoms with E-state index in [0.29, 0.717) is 18.5 Å². The summed E-state index contributed by atoms with van der Waals surface area (Å²) in [6, 6.07) is 4.86. The lowest BCUT2D eigenvalue weighted by molar-refractivity contribution is -0.286. The van der Waals surface area contributed by atoms with Crippen molar-refractivity contribution in [3.63, 3.8) is 0 Å². The van der Waals surface area contributed by atoms with E-state index < -0.39 is 6.29 Å². The largest absolute Gasteiger partial charge is 0.586 e. The average molecular weight is 215 g/mol. The van der Waals surface area contributed by atoms with Gasteiger partial charge in [0.05, 0.1) is 0 Å². The van der Waals surface area contributed by atoms with Crippen molar-refractivity contribution >= 4 is 0 Å². The maximum Gasteiger partial charge on any atom is 0.586 e. The Morgan fingerprint density at radius 3 is 2.80 bits per heavy atom. The predicted octanol–water partition coefficient (Wildman–Crippen LogP) is 1.90. The van der Waals surface area contributed by atoms with Gasteiger partial charge in [-0.3, -0.25) is 0 Å². The third-order valence-corrected chi connectivity index (χ3v) is 2.16. The Kier molecular flexibility index (Phi) is 2.48. The van der Waals surface area contributed by atoms with Gasteiger partial charge in [0.2, 0.25) is 0 Å². The first-order valence-electron chi connectivity index (χ1n) is 4.70. The molecule has 82 valence electrons. The first kappa shape index (κ1) is 10.2. The number of para-hydroxylation sites is 1. The van der Waals surface area contributed by atoms with E-state index in [2.05, 4.69) is 9.47 Å². The number of halogens is 2. The van der Waals surface area contributed by atoms with Crippen LogP contribution in [0.1, 0.15) is 12.0 Å². The molecule has 0 atom stereocenters. The zero-order chi connectivity index (χ0) is 10.9. The van der Waals surface area contributed by atoms with E-state index in [1.165, 1.54) is 6.07 Å². The molecule has 2 N–H and O–H groups in total. The fraction of sp³-hybridized carbons (Fsp3) is 0.400. The summed E-state index contributed by atoms with van der Waals surface area (Å²) >= 11 is 0. The van der Waals surface area contributed by atoms with Gasteiger partial charge in [-0.1, -0.05) is 12.1 Å². The van der Waals surface area contributed by atoms with Crippen LogP contribution in [0.15, 0.2) is 18.2 Å². The van der Waals surface area contributed by atoms with Gasteiger partial charge in [0.25, 0.3) is 0 Å². The lowest BCUT2D eigenvalue weighted by Gasteiger charge is -2.06. The molecule has 0 amide bonds. The number of nitrogens with two attached hydrogens (primary N) is 1. The van der Waals surface area contributed by atoms with E-state index in [0.717, 1.165) is 6.42 Å². The summed E-state index contributed by atoms with van der Waals surface area (Å²) < 4.78 is 34.3.